The molecule has 0 spiro atoms. The van der Waals surface area contributed by atoms with Crippen molar-refractivity contribution in [3.8, 4) is 11.5 Å². The SMILES string of the molecule is NCc1ccc(Oc2ccc(Cl)c3cccnc23)c(Br)c1. The predicted molar refractivity (Wildman–Crippen MR) is 88.9 cm³/mol. The standard InChI is InChI=1S/C16H12BrClN2O/c17-12-8-10(9-19)3-5-14(12)21-15-6-4-13(18)11-2-1-7-20-16(11)15/h1-8H,9,19H2. The van der Waals surface area contributed by atoms with Crippen LogP contribution in [0.5, 0.6) is 11.5 Å². The fraction of sp³-hybridized carbons (Fsp3) is 0.0625. The molecule has 0 saturated carbocycles. The zero-order chi connectivity index (χ0) is 14.8. The quantitative estimate of drug-likeness (QED) is 0.720. The van der Waals surface area contributed by atoms with Crippen molar-refractivity contribution in [2.45, 2.75) is 6.54 Å². The van der Waals surface area contributed by atoms with E-state index in [0.29, 0.717) is 23.1 Å². The minimum absolute atomic E-state index is 0.490. The Morgan fingerprint density at radius 2 is 1.95 bits per heavy atom. The highest BCUT2D eigenvalue weighted by Gasteiger charge is 2.10. The van der Waals surface area contributed by atoms with Gasteiger partial charge >= 0.3 is 0 Å². The van der Waals surface area contributed by atoms with Gasteiger partial charge in [0, 0.05) is 18.1 Å². The van der Waals surface area contributed by atoms with Gasteiger partial charge in [0.25, 0.3) is 0 Å². The molecule has 0 bridgehead atoms. The minimum atomic E-state index is 0.490. The highest BCUT2D eigenvalue weighted by molar-refractivity contribution is 9.10. The molecule has 5 heteroatoms. The van der Waals surface area contributed by atoms with Crippen molar-refractivity contribution in [2.75, 3.05) is 0 Å². The summed E-state index contributed by atoms with van der Waals surface area (Å²) in [5.74, 6) is 1.37. The van der Waals surface area contributed by atoms with Crippen molar-refractivity contribution in [1.29, 1.82) is 0 Å². The van der Waals surface area contributed by atoms with Crippen LogP contribution < -0.4 is 10.5 Å². The molecule has 0 saturated heterocycles. The van der Waals surface area contributed by atoms with E-state index in [2.05, 4.69) is 20.9 Å². The molecule has 106 valence electrons. The van der Waals surface area contributed by atoms with Gasteiger partial charge in [-0.2, -0.15) is 0 Å². The average Bonchev–Trinajstić information content (AvgIpc) is 2.52. The number of nitrogens with zero attached hydrogens (tertiary/aromatic N) is 1. The number of benzene rings is 2. The van der Waals surface area contributed by atoms with E-state index >= 15 is 0 Å². The normalized spacial score (nSPS) is 10.8. The first-order valence-corrected chi connectivity index (χ1v) is 7.55. The molecule has 0 fully saturated rings. The molecule has 3 nitrogen and oxygen atoms in total. The van der Waals surface area contributed by atoms with Crippen LogP contribution >= 0.6 is 27.5 Å². The van der Waals surface area contributed by atoms with E-state index in [-0.39, 0.29) is 0 Å². The number of fused-ring (bicyclic) bond motifs is 1. The minimum Gasteiger partial charge on any atom is -0.454 e. The van der Waals surface area contributed by atoms with E-state index in [4.69, 9.17) is 22.1 Å². The van der Waals surface area contributed by atoms with Crippen LogP contribution in [0.25, 0.3) is 10.9 Å². The molecule has 0 aliphatic carbocycles. The number of halogens is 2. The van der Waals surface area contributed by atoms with Crippen molar-refractivity contribution in [1.82, 2.24) is 4.98 Å². The Bertz CT molecular complexity index is 807. The maximum Gasteiger partial charge on any atom is 0.153 e. The third kappa shape index (κ3) is 2.88. The molecule has 2 N–H and O–H groups in total. The number of hydrogen-bond donors (Lipinski definition) is 1. The lowest BCUT2D eigenvalue weighted by Crippen LogP contribution is -1.96. The van der Waals surface area contributed by atoms with Gasteiger partial charge in [-0.1, -0.05) is 17.7 Å². The summed E-state index contributed by atoms with van der Waals surface area (Å²) in [6.45, 7) is 0.490. The van der Waals surface area contributed by atoms with Gasteiger partial charge in [0.1, 0.15) is 11.3 Å². The molecule has 0 atom stereocenters. The maximum atomic E-state index is 6.18. The first-order chi connectivity index (χ1) is 10.2. The molecule has 3 aromatic rings. The summed E-state index contributed by atoms with van der Waals surface area (Å²) in [7, 11) is 0. The third-order valence-electron chi connectivity index (χ3n) is 3.13. The molecule has 0 radical (unpaired) electrons. The second kappa shape index (κ2) is 6.02. The molecule has 0 aliphatic rings. The van der Waals surface area contributed by atoms with Crippen molar-refractivity contribution < 1.29 is 4.74 Å². The van der Waals surface area contributed by atoms with Gasteiger partial charge in [0.2, 0.25) is 0 Å². The molecule has 0 unspecified atom stereocenters. The summed E-state index contributed by atoms with van der Waals surface area (Å²) in [6, 6.07) is 13.2. The molecule has 1 heterocycles. The van der Waals surface area contributed by atoms with E-state index < -0.39 is 0 Å². The van der Waals surface area contributed by atoms with Crippen molar-refractivity contribution in [3.05, 3.63) is 63.7 Å². The van der Waals surface area contributed by atoms with Crippen LogP contribution in [0.1, 0.15) is 5.56 Å². The van der Waals surface area contributed by atoms with Crippen LogP contribution in [0.4, 0.5) is 0 Å². The van der Waals surface area contributed by atoms with Gasteiger partial charge in [-0.05, 0) is 57.9 Å². The number of pyridine rings is 1. The van der Waals surface area contributed by atoms with Crippen LogP contribution in [-0.4, -0.2) is 4.98 Å². The summed E-state index contributed by atoms with van der Waals surface area (Å²) in [5, 5.41) is 1.52. The number of aromatic nitrogens is 1. The van der Waals surface area contributed by atoms with Crippen LogP contribution in [-0.2, 0) is 6.54 Å². The molecule has 1 aromatic heterocycles. The summed E-state index contributed by atoms with van der Waals surface area (Å²) in [6.07, 6.45) is 1.72. The summed E-state index contributed by atoms with van der Waals surface area (Å²) >= 11 is 9.68. The van der Waals surface area contributed by atoms with E-state index in [9.17, 15) is 0 Å². The molecule has 0 amide bonds. The van der Waals surface area contributed by atoms with E-state index in [1.165, 1.54) is 0 Å². The summed E-state index contributed by atoms with van der Waals surface area (Å²) < 4.78 is 6.82. The molecule has 2 aromatic carbocycles. The topological polar surface area (TPSA) is 48.1 Å². The zero-order valence-corrected chi connectivity index (χ0v) is 13.4. The van der Waals surface area contributed by atoms with Gasteiger partial charge in [0.05, 0.1) is 9.50 Å². The first-order valence-electron chi connectivity index (χ1n) is 6.38. The van der Waals surface area contributed by atoms with Crippen LogP contribution in [0.15, 0.2) is 53.1 Å². The number of hydrogen-bond acceptors (Lipinski definition) is 3. The number of ether oxygens (including phenoxy) is 1. The van der Waals surface area contributed by atoms with Gasteiger partial charge in [-0.15, -0.1) is 0 Å². The molecule has 0 aliphatic heterocycles. The van der Waals surface area contributed by atoms with Gasteiger partial charge in [0.15, 0.2) is 5.75 Å². The zero-order valence-electron chi connectivity index (χ0n) is 11.0. The largest absolute Gasteiger partial charge is 0.454 e. The van der Waals surface area contributed by atoms with Crippen LogP contribution in [0.2, 0.25) is 5.02 Å². The number of rotatable bonds is 3. The Balaban J connectivity index is 2.04. The molecule has 3 rings (SSSR count). The molecule has 21 heavy (non-hydrogen) atoms. The maximum absolute atomic E-state index is 6.18. The van der Waals surface area contributed by atoms with Gasteiger partial charge in [-0.25, -0.2) is 0 Å². The fourth-order valence-electron chi connectivity index (χ4n) is 2.07. The molecular formula is C16H12BrClN2O. The van der Waals surface area contributed by atoms with E-state index in [1.807, 2.05) is 42.5 Å². The summed E-state index contributed by atoms with van der Waals surface area (Å²) in [5.41, 5.74) is 7.40. The third-order valence-corrected chi connectivity index (χ3v) is 4.08. The van der Waals surface area contributed by atoms with Crippen LogP contribution in [0.3, 0.4) is 0 Å². The lowest BCUT2D eigenvalue weighted by molar-refractivity contribution is 0.484. The Hall–Kier alpha value is -1.62. The van der Waals surface area contributed by atoms with Crippen LogP contribution in [0, 0.1) is 0 Å². The van der Waals surface area contributed by atoms with Gasteiger partial charge in [-0.3, -0.25) is 4.98 Å². The Morgan fingerprint density at radius 3 is 2.71 bits per heavy atom. The van der Waals surface area contributed by atoms with E-state index in [1.54, 1.807) is 6.20 Å². The monoisotopic (exact) mass is 362 g/mol. The Labute approximate surface area is 135 Å². The highest BCUT2D eigenvalue weighted by atomic mass is 79.9. The molecular weight excluding hydrogens is 352 g/mol. The first kappa shape index (κ1) is 14.3. The van der Waals surface area contributed by atoms with Crippen molar-refractivity contribution in [3.63, 3.8) is 0 Å². The average molecular weight is 364 g/mol. The second-order valence-electron chi connectivity index (χ2n) is 4.52. The lowest BCUT2D eigenvalue weighted by Gasteiger charge is -2.11. The Morgan fingerprint density at radius 1 is 1.14 bits per heavy atom. The van der Waals surface area contributed by atoms with Gasteiger partial charge < -0.3 is 10.5 Å². The number of nitrogens with two attached hydrogens (primary N) is 1. The summed E-state index contributed by atoms with van der Waals surface area (Å²) in [4.78, 5) is 4.36. The predicted octanol–water partition coefficient (Wildman–Crippen LogP) is 4.90. The van der Waals surface area contributed by atoms with Crippen molar-refractivity contribution in [2.24, 2.45) is 5.73 Å². The van der Waals surface area contributed by atoms with E-state index in [0.717, 1.165) is 20.9 Å². The second-order valence-corrected chi connectivity index (χ2v) is 5.78. The smallest absolute Gasteiger partial charge is 0.153 e. The van der Waals surface area contributed by atoms with Crippen molar-refractivity contribution >= 4 is 38.4 Å². The fourth-order valence-corrected chi connectivity index (χ4v) is 2.79. The lowest BCUT2D eigenvalue weighted by atomic mass is 10.2. The Kier molecular flexibility index (Phi) is 4.10. The highest BCUT2D eigenvalue weighted by Crippen LogP contribution is 2.35.